The average Bonchev–Trinajstić information content (AvgIpc) is 2.94. The molecule has 0 aromatic carbocycles. The fourth-order valence-corrected chi connectivity index (χ4v) is 2.81. The second kappa shape index (κ2) is 4.19. The topological polar surface area (TPSA) is 62.3 Å². The van der Waals surface area contributed by atoms with Crippen LogP contribution in [-0.4, -0.2) is 34.8 Å². The maximum atomic E-state index is 12.4. The predicted octanol–water partition coefficient (Wildman–Crippen LogP) is 0.948. The van der Waals surface area contributed by atoms with Gasteiger partial charge in [0.15, 0.2) is 0 Å². The summed E-state index contributed by atoms with van der Waals surface area (Å²) in [6.45, 7) is 4.71. The molecule has 1 N–H and O–H groups in total. The van der Waals surface area contributed by atoms with Crippen LogP contribution in [0.3, 0.4) is 0 Å². The van der Waals surface area contributed by atoms with Crippen molar-refractivity contribution in [2.45, 2.75) is 12.8 Å². The van der Waals surface area contributed by atoms with E-state index in [-0.39, 0.29) is 23.6 Å². The van der Waals surface area contributed by atoms with Crippen molar-refractivity contribution in [2.75, 3.05) is 13.1 Å². The van der Waals surface area contributed by atoms with Gasteiger partial charge in [-0.15, -0.1) is 0 Å². The van der Waals surface area contributed by atoms with Gasteiger partial charge in [0, 0.05) is 31.4 Å². The van der Waals surface area contributed by atoms with Crippen LogP contribution in [0.1, 0.15) is 24.7 Å². The van der Waals surface area contributed by atoms with Crippen LogP contribution in [0, 0.1) is 5.41 Å². The molecule has 1 aromatic heterocycles. The van der Waals surface area contributed by atoms with Crippen LogP contribution in [0.2, 0.25) is 0 Å². The Kier molecular flexibility index (Phi) is 2.36. The molecule has 1 spiro atoms. The first kappa shape index (κ1) is 10.7. The van der Waals surface area contributed by atoms with Crippen molar-refractivity contribution < 1.29 is 11.0 Å². The second-order valence-electron chi connectivity index (χ2n) is 5.13. The van der Waals surface area contributed by atoms with Gasteiger partial charge in [0.25, 0.3) is 5.91 Å². The Balaban J connectivity index is 1.79. The summed E-state index contributed by atoms with van der Waals surface area (Å²) in [6.07, 6.45) is 2.68. The van der Waals surface area contributed by atoms with E-state index in [1.807, 2.05) is 0 Å². The van der Waals surface area contributed by atoms with Crippen molar-refractivity contribution in [3.05, 3.63) is 42.3 Å². The van der Waals surface area contributed by atoms with Gasteiger partial charge in [-0.05, 0) is 18.6 Å². The van der Waals surface area contributed by atoms with Gasteiger partial charge in [0.1, 0.15) is 5.69 Å². The molecule has 19 heavy (non-hydrogen) atoms. The van der Waals surface area contributed by atoms with E-state index in [2.05, 4.69) is 16.9 Å². The number of allylic oxidation sites excluding steroid dienone is 1. The van der Waals surface area contributed by atoms with Gasteiger partial charge in [-0.3, -0.25) is 14.6 Å². The molecule has 5 heteroatoms. The van der Waals surface area contributed by atoms with Crippen molar-refractivity contribution in [3.63, 3.8) is 0 Å². The molecule has 5 nitrogen and oxygen atoms in total. The first-order valence-electron chi connectivity index (χ1n) is 6.71. The van der Waals surface area contributed by atoms with Gasteiger partial charge in [0.2, 0.25) is 5.91 Å². The molecule has 1 atom stereocenters. The highest BCUT2D eigenvalue weighted by Crippen LogP contribution is 2.40. The molecular formula is C14H15N3O2. The van der Waals surface area contributed by atoms with Gasteiger partial charge in [-0.1, -0.05) is 12.6 Å². The lowest BCUT2D eigenvalue weighted by molar-refractivity contribution is -0.126. The molecule has 0 radical (unpaired) electrons. The second-order valence-corrected chi connectivity index (χ2v) is 5.13. The van der Waals surface area contributed by atoms with E-state index in [1.54, 1.807) is 4.90 Å². The summed E-state index contributed by atoms with van der Waals surface area (Å²) < 4.78 is 7.53. The maximum absolute atomic E-state index is 12.4. The third kappa shape index (κ3) is 1.91. The number of hydrogen-bond acceptors (Lipinski definition) is 3. The van der Waals surface area contributed by atoms with Crippen molar-refractivity contribution in [1.29, 1.82) is 0 Å². The van der Waals surface area contributed by atoms with Crippen molar-refractivity contribution in [3.8, 4) is 0 Å². The standard InChI is InChI=1S/C14H15N3O2/c1-10-8-14(13(19)16-10)5-7-17(9-14)12(18)11-4-2-3-6-15-11/h2-4,6H,1,5,7-9H2,(H,16,19)/i2T. The van der Waals surface area contributed by atoms with Gasteiger partial charge < -0.3 is 10.2 Å². The minimum atomic E-state index is -0.523. The molecule has 2 aliphatic rings. The predicted molar refractivity (Wildman–Crippen MR) is 69.1 cm³/mol. The van der Waals surface area contributed by atoms with Gasteiger partial charge in [-0.2, -0.15) is 0 Å². The minimum absolute atomic E-state index is 0.0417. The fraction of sp³-hybridized carbons (Fsp3) is 0.357. The Bertz CT molecular complexity index is 616. The highest BCUT2D eigenvalue weighted by atomic mass is 16.2. The molecule has 2 aliphatic heterocycles. The average molecular weight is 259 g/mol. The number of hydrogen-bond donors (Lipinski definition) is 1. The molecule has 3 rings (SSSR count). The number of likely N-dealkylation sites (tertiary alicyclic amines) is 1. The summed E-state index contributed by atoms with van der Waals surface area (Å²) >= 11 is 0. The maximum Gasteiger partial charge on any atom is 0.272 e. The molecule has 2 saturated heterocycles. The number of carbonyl (C=O) groups excluding carboxylic acids is 2. The Morgan fingerprint density at radius 3 is 3.16 bits per heavy atom. The molecule has 0 bridgehead atoms. The minimum Gasteiger partial charge on any atom is -0.336 e. The molecular weight excluding hydrogens is 242 g/mol. The molecule has 0 saturated carbocycles. The van der Waals surface area contributed by atoms with Crippen LogP contribution >= 0.6 is 0 Å². The summed E-state index contributed by atoms with van der Waals surface area (Å²) in [5.74, 6) is -0.263. The summed E-state index contributed by atoms with van der Waals surface area (Å²) in [7, 11) is 0. The van der Waals surface area contributed by atoms with E-state index in [4.69, 9.17) is 1.37 Å². The van der Waals surface area contributed by atoms with Crippen LogP contribution in [0.25, 0.3) is 0 Å². The molecule has 1 aromatic rings. The summed E-state index contributed by atoms with van der Waals surface area (Å²) in [5.41, 5.74) is 0.452. The summed E-state index contributed by atoms with van der Waals surface area (Å²) in [5, 5.41) is 2.74. The Hall–Kier alpha value is -2.17. The number of amides is 2. The van der Waals surface area contributed by atoms with Gasteiger partial charge in [0.05, 0.1) is 6.79 Å². The number of carbonyl (C=O) groups is 2. The van der Waals surface area contributed by atoms with Crippen molar-refractivity contribution >= 4 is 11.8 Å². The number of pyridine rings is 1. The third-order valence-corrected chi connectivity index (χ3v) is 3.79. The number of aromatic nitrogens is 1. The van der Waals surface area contributed by atoms with E-state index in [1.165, 1.54) is 18.3 Å². The number of nitrogens with one attached hydrogen (secondary N) is 1. The zero-order chi connectivity index (χ0) is 14.3. The number of rotatable bonds is 1. The van der Waals surface area contributed by atoms with E-state index in [9.17, 15) is 9.59 Å². The van der Waals surface area contributed by atoms with E-state index < -0.39 is 5.41 Å². The summed E-state index contributed by atoms with van der Waals surface area (Å²) in [4.78, 5) is 30.0. The van der Waals surface area contributed by atoms with Crippen LogP contribution < -0.4 is 5.32 Å². The van der Waals surface area contributed by atoms with Crippen LogP contribution in [0.15, 0.2) is 36.6 Å². The highest BCUT2D eigenvalue weighted by Gasteiger charge is 2.50. The molecule has 98 valence electrons. The monoisotopic (exact) mass is 259 g/mol. The van der Waals surface area contributed by atoms with Crippen LogP contribution in [-0.2, 0) is 4.79 Å². The normalized spacial score (nSPS) is 26.7. The van der Waals surface area contributed by atoms with E-state index in [0.29, 0.717) is 25.9 Å². The highest BCUT2D eigenvalue weighted by molar-refractivity contribution is 5.94. The lowest BCUT2D eigenvalue weighted by Gasteiger charge is -2.20. The Morgan fingerprint density at radius 1 is 1.63 bits per heavy atom. The lowest BCUT2D eigenvalue weighted by atomic mass is 9.85. The molecule has 3 heterocycles. The fourth-order valence-electron chi connectivity index (χ4n) is 2.81. The summed E-state index contributed by atoms with van der Waals surface area (Å²) in [6, 6.07) is 3.22. The Labute approximate surface area is 112 Å². The molecule has 1 unspecified atom stereocenters. The van der Waals surface area contributed by atoms with Crippen molar-refractivity contribution in [2.24, 2.45) is 5.41 Å². The SMILES string of the molecule is [3H]c1ccnc(C(=O)N2CCC3(CC(=C)NC3=O)C2)c1. The number of nitrogens with zero attached hydrogens (tertiary/aromatic N) is 2. The van der Waals surface area contributed by atoms with E-state index >= 15 is 0 Å². The molecule has 0 aliphatic carbocycles. The first-order valence-corrected chi connectivity index (χ1v) is 6.21. The van der Waals surface area contributed by atoms with Crippen molar-refractivity contribution in [1.82, 2.24) is 15.2 Å². The van der Waals surface area contributed by atoms with Crippen LogP contribution in [0.5, 0.6) is 0 Å². The zero-order valence-corrected chi connectivity index (χ0v) is 10.5. The zero-order valence-electron chi connectivity index (χ0n) is 11.5. The van der Waals surface area contributed by atoms with Crippen LogP contribution in [0.4, 0.5) is 0 Å². The Morgan fingerprint density at radius 2 is 2.47 bits per heavy atom. The molecule has 2 amide bonds. The van der Waals surface area contributed by atoms with E-state index in [0.717, 1.165) is 5.70 Å². The largest absolute Gasteiger partial charge is 0.336 e. The smallest absolute Gasteiger partial charge is 0.272 e. The first-order chi connectivity index (χ1) is 9.50. The quantitative estimate of drug-likeness (QED) is 0.816. The van der Waals surface area contributed by atoms with Gasteiger partial charge >= 0.3 is 0 Å². The van der Waals surface area contributed by atoms with Gasteiger partial charge in [-0.25, -0.2) is 0 Å². The third-order valence-electron chi connectivity index (χ3n) is 3.79. The lowest BCUT2D eigenvalue weighted by Crippen LogP contribution is -2.36. The molecule has 2 fully saturated rings.